The highest BCUT2D eigenvalue weighted by Crippen LogP contribution is 2.20. The molecule has 0 aliphatic rings. The molecule has 4 heteroatoms. The number of hydrogen-bond acceptors (Lipinski definition) is 2. The van der Waals surface area contributed by atoms with Crippen molar-refractivity contribution in [3.05, 3.63) is 71.8 Å². The van der Waals surface area contributed by atoms with Gasteiger partial charge in [0.2, 0.25) is 11.8 Å². The van der Waals surface area contributed by atoms with Crippen LogP contribution in [-0.2, 0) is 9.59 Å². The molecule has 2 aromatic rings. The molecule has 0 bridgehead atoms. The Bertz CT molecular complexity index is 696. The maximum atomic E-state index is 12.4. The lowest BCUT2D eigenvalue weighted by Crippen LogP contribution is -2.30. The molecule has 0 aliphatic carbocycles. The average molecular weight is 423 g/mol. The molecule has 0 saturated carbocycles. The maximum Gasteiger partial charge on any atom is 0.227 e. The Labute approximate surface area is 187 Å². The van der Waals surface area contributed by atoms with Crippen LogP contribution in [0.25, 0.3) is 0 Å². The van der Waals surface area contributed by atoms with Gasteiger partial charge >= 0.3 is 0 Å². The normalized spacial score (nSPS) is 12.7. The van der Waals surface area contributed by atoms with Crippen LogP contribution in [0.3, 0.4) is 0 Å². The highest BCUT2D eigenvalue weighted by molar-refractivity contribution is 5.84. The van der Waals surface area contributed by atoms with Crippen molar-refractivity contribution in [2.24, 2.45) is 0 Å². The zero-order valence-corrected chi connectivity index (χ0v) is 19.1. The summed E-state index contributed by atoms with van der Waals surface area (Å²) in [6.07, 6.45) is 6.92. The van der Waals surface area contributed by atoms with Gasteiger partial charge in [0.1, 0.15) is 0 Å². The zero-order valence-electron chi connectivity index (χ0n) is 19.1. The molecule has 0 radical (unpaired) electrons. The second-order valence-corrected chi connectivity index (χ2v) is 8.09. The highest BCUT2D eigenvalue weighted by Gasteiger charge is 2.18. The molecule has 0 saturated heterocycles. The predicted octanol–water partition coefficient (Wildman–Crippen LogP) is 5.56. The van der Waals surface area contributed by atoms with Crippen molar-refractivity contribution in [2.45, 2.75) is 70.6 Å². The zero-order chi connectivity index (χ0) is 22.3. The monoisotopic (exact) mass is 422 g/mol. The molecule has 2 aromatic carbocycles. The fourth-order valence-corrected chi connectivity index (χ4v) is 3.97. The van der Waals surface area contributed by atoms with Crippen LogP contribution in [0.5, 0.6) is 0 Å². The second-order valence-electron chi connectivity index (χ2n) is 8.09. The van der Waals surface area contributed by atoms with E-state index in [-0.39, 0.29) is 23.7 Å². The number of carbonyl (C=O) groups excluding carboxylic acids is 2. The summed E-state index contributed by atoms with van der Waals surface area (Å²) < 4.78 is 0. The van der Waals surface area contributed by atoms with E-state index < -0.39 is 0 Å². The van der Waals surface area contributed by atoms with Gasteiger partial charge in [-0.25, -0.2) is 0 Å². The predicted molar refractivity (Wildman–Crippen MR) is 128 cm³/mol. The summed E-state index contributed by atoms with van der Waals surface area (Å²) in [4.78, 5) is 24.9. The van der Waals surface area contributed by atoms with Gasteiger partial charge < -0.3 is 10.6 Å². The fraction of sp³-hybridized carbons (Fsp3) is 0.481. The lowest BCUT2D eigenvalue weighted by molar-refractivity contribution is -0.123. The lowest BCUT2D eigenvalue weighted by Gasteiger charge is -2.15. The van der Waals surface area contributed by atoms with Crippen molar-refractivity contribution in [2.75, 3.05) is 13.1 Å². The van der Waals surface area contributed by atoms with E-state index in [0.29, 0.717) is 0 Å². The van der Waals surface area contributed by atoms with Gasteiger partial charge in [0.15, 0.2) is 0 Å². The topological polar surface area (TPSA) is 58.2 Å². The quantitative estimate of drug-likeness (QED) is 0.392. The first-order chi connectivity index (χ1) is 15.2. The Hall–Kier alpha value is -2.62. The van der Waals surface area contributed by atoms with Gasteiger partial charge in [-0.1, -0.05) is 93.8 Å². The Morgan fingerprint density at radius 3 is 1.32 bits per heavy atom. The van der Waals surface area contributed by atoms with Gasteiger partial charge in [0.25, 0.3) is 0 Å². The number of benzene rings is 2. The molecule has 2 N–H and O–H groups in total. The number of nitrogens with one attached hydrogen (secondary N) is 2. The summed E-state index contributed by atoms with van der Waals surface area (Å²) in [5.41, 5.74) is 2.17. The van der Waals surface area contributed by atoms with Crippen LogP contribution in [0.15, 0.2) is 60.7 Å². The molecule has 2 unspecified atom stereocenters. The van der Waals surface area contributed by atoms with Crippen molar-refractivity contribution < 1.29 is 9.59 Å². The maximum absolute atomic E-state index is 12.4. The number of unbranched alkanes of at least 4 members (excludes halogenated alkanes) is 4. The molecule has 0 aromatic heterocycles. The summed E-state index contributed by atoms with van der Waals surface area (Å²) in [7, 11) is 0. The molecular weight excluding hydrogens is 384 g/mol. The third-order valence-electron chi connectivity index (χ3n) is 5.81. The summed E-state index contributed by atoms with van der Waals surface area (Å²) in [6, 6.07) is 20.0. The fourth-order valence-electron chi connectivity index (χ4n) is 3.97. The van der Waals surface area contributed by atoms with Gasteiger partial charge in [-0.3, -0.25) is 9.59 Å². The van der Waals surface area contributed by atoms with Crippen molar-refractivity contribution in [3.63, 3.8) is 0 Å². The van der Waals surface area contributed by atoms with E-state index in [1.54, 1.807) is 0 Å². The third-order valence-corrected chi connectivity index (χ3v) is 5.81. The van der Waals surface area contributed by atoms with Crippen LogP contribution in [0.2, 0.25) is 0 Å². The number of carbonyl (C=O) groups is 2. The summed E-state index contributed by atoms with van der Waals surface area (Å²) >= 11 is 0. The smallest absolute Gasteiger partial charge is 0.227 e. The molecule has 2 amide bonds. The van der Waals surface area contributed by atoms with Gasteiger partial charge in [-0.15, -0.1) is 0 Å². The summed E-state index contributed by atoms with van der Waals surface area (Å²) in [6.45, 7) is 5.57. The van der Waals surface area contributed by atoms with E-state index in [0.717, 1.165) is 69.2 Å². The molecule has 2 atom stereocenters. The van der Waals surface area contributed by atoms with Crippen LogP contribution in [-0.4, -0.2) is 24.9 Å². The van der Waals surface area contributed by atoms with Crippen LogP contribution in [0.4, 0.5) is 0 Å². The minimum Gasteiger partial charge on any atom is -0.356 e. The van der Waals surface area contributed by atoms with E-state index in [9.17, 15) is 9.59 Å². The first-order valence-electron chi connectivity index (χ1n) is 11.8. The Kier molecular flexibility index (Phi) is 11.4. The standard InChI is InChI=1S/C27H38N2O2/c1-3-24(22-16-10-8-11-17-22)26(30)28-20-14-6-5-7-15-21-29-27(31)25(4-2)23-18-12-9-13-19-23/h8-13,16-19,24-25H,3-7,14-15,20-21H2,1-2H3,(H,28,30)(H,29,31). The number of amides is 2. The van der Waals surface area contributed by atoms with Crippen LogP contribution >= 0.6 is 0 Å². The molecule has 31 heavy (non-hydrogen) atoms. The Morgan fingerprint density at radius 2 is 0.968 bits per heavy atom. The van der Waals surface area contributed by atoms with E-state index in [4.69, 9.17) is 0 Å². The molecule has 0 spiro atoms. The van der Waals surface area contributed by atoms with Crippen molar-refractivity contribution in [3.8, 4) is 0 Å². The number of hydrogen-bond donors (Lipinski definition) is 2. The lowest BCUT2D eigenvalue weighted by atomic mass is 9.95. The van der Waals surface area contributed by atoms with Gasteiger partial charge in [-0.05, 0) is 36.8 Å². The van der Waals surface area contributed by atoms with Crippen LogP contribution in [0, 0.1) is 0 Å². The molecule has 0 heterocycles. The first-order valence-corrected chi connectivity index (χ1v) is 11.8. The third kappa shape index (κ3) is 8.56. The minimum absolute atomic E-state index is 0.0624. The molecular formula is C27H38N2O2. The average Bonchev–Trinajstić information content (AvgIpc) is 2.80. The van der Waals surface area contributed by atoms with Crippen LogP contribution in [0.1, 0.15) is 81.8 Å². The minimum atomic E-state index is -0.0624. The SMILES string of the molecule is CCC(C(=O)NCCCCCCCNC(=O)C(CC)c1ccccc1)c1ccccc1. The highest BCUT2D eigenvalue weighted by atomic mass is 16.2. The molecule has 0 aliphatic heterocycles. The van der Waals surface area contributed by atoms with Crippen molar-refractivity contribution >= 4 is 11.8 Å². The molecule has 2 rings (SSSR count). The van der Waals surface area contributed by atoms with E-state index in [2.05, 4.69) is 24.5 Å². The molecule has 0 fully saturated rings. The molecule has 4 nitrogen and oxygen atoms in total. The Balaban J connectivity index is 1.53. The van der Waals surface area contributed by atoms with Gasteiger partial charge in [-0.2, -0.15) is 0 Å². The van der Waals surface area contributed by atoms with Crippen molar-refractivity contribution in [1.29, 1.82) is 0 Å². The summed E-state index contributed by atoms with van der Waals surface area (Å²) in [5, 5.41) is 6.18. The van der Waals surface area contributed by atoms with Crippen LogP contribution < -0.4 is 10.6 Å². The molecule has 168 valence electrons. The first kappa shape index (κ1) is 24.6. The summed E-state index contributed by atoms with van der Waals surface area (Å²) in [5.74, 6) is 0.126. The van der Waals surface area contributed by atoms with Crippen molar-refractivity contribution in [1.82, 2.24) is 10.6 Å². The second kappa shape index (κ2) is 14.4. The van der Waals surface area contributed by atoms with Gasteiger partial charge in [0.05, 0.1) is 11.8 Å². The van der Waals surface area contributed by atoms with E-state index in [1.165, 1.54) is 0 Å². The largest absolute Gasteiger partial charge is 0.356 e. The number of rotatable bonds is 14. The van der Waals surface area contributed by atoms with E-state index >= 15 is 0 Å². The van der Waals surface area contributed by atoms with E-state index in [1.807, 2.05) is 60.7 Å². The van der Waals surface area contributed by atoms with Gasteiger partial charge in [0, 0.05) is 13.1 Å². The Morgan fingerprint density at radius 1 is 0.613 bits per heavy atom.